The van der Waals surface area contributed by atoms with Crippen molar-refractivity contribution in [2.24, 2.45) is 11.8 Å². The van der Waals surface area contributed by atoms with Gasteiger partial charge in [-0.15, -0.1) is 0 Å². The molecule has 0 aromatic heterocycles. The van der Waals surface area contributed by atoms with Crippen molar-refractivity contribution in [3.63, 3.8) is 0 Å². The van der Waals surface area contributed by atoms with E-state index in [2.05, 4.69) is 37.3 Å². The molecule has 0 amide bonds. The molecule has 2 atom stereocenters. The van der Waals surface area contributed by atoms with E-state index in [9.17, 15) is 8.42 Å². The fourth-order valence-electron chi connectivity index (χ4n) is 2.97. The van der Waals surface area contributed by atoms with Crippen molar-refractivity contribution in [1.29, 1.82) is 5.26 Å². The van der Waals surface area contributed by atoms with Crippen LogP contribution in [0, 0.1) is 23.2 Å². The normalized spacial score (nSPS) is 24.4. The smallest absolute Gasteiger partial charge is 0.279 e. The average molecular weight is 330 g/mol. The Labute approximate surface area is 135 Å². The van der Waals surface area contributed by atoms with Crippen molar-refractivity contribution in [3.8, 4) is 6.07 Å². The summed E-state index contributed by atoms with van der Waals surface area (Å²) >= 11 is 0. The molecule has 22 heavy (non-hydrogen) atoms. The molecule has 0 spiro atoms. The quantitative estimate of drug-likeness (QED) is 0.766. The molecule has 1 rings (SSSR count). The van der Waals surface area contributed by atoms with Crippen LogP contribution in [0.4, 0.5) is 0 Å². The maximum atomic E-state index is 12.2. The van der Waals surface area contributed by atoms with Crippen LogP contribution in [0.5, 0.6) is 0 Å². The molecule has 1 saturated heterocycles. The van der Waals surface area contributed by atoms with Gasteiger partial charge in [0.25, 0.3) is 10.2 Å². The molecular weight excluding hydrogens is 300 g/mol. The zero-order valence-corrected chi connectivity index (χ0v) is 15.3. The maximum absolute atomic E-state index is 12.2. The fraction of sp³-hybridized carbons (Fsp3) is 0.933. The van der Waals surface area contributed by atoms with Crippen LogP contribution in [0.1, 0.15) is 40.5 Å². The van der Waals surface area contributed by atoms with Gasteiger partial charge in [0.2, 0.25) is 0 Å². The minimum atomic E-state index is -3.53. The molecule has 0 radical (unpaired) electrons. The third kappa shape index (κ3) is 5.51. The molecule has 0 bridgehead atoms. The van der Waals surface area contributed by atoms with E-state index >= 15 is 0 Å². The highest BCUT2D eigenvalue weighted by atomic mass is 32.2. The third-order valence-electron chi connectivity index (χ3n) is 4.36. The molecule has 6 nitrogen and oxygen atoms in total. The number of nitrogens with one attached hydrogen (secondary N) is 1. The monoisotopic (exact) mass is 330 g/mol. The van der Waals surface area contributed by atoms with Crippen LogP contribution in [0.2, 0.25) is 0 Å². The number of hydrogen-bond acceptors (Lipinski definition) is 4. The van der Waals surface area contributed by atoms with Crippen LogP contribution >= 0.6 is 0 Å². The van der Waals surface area contributed by atoms with Crippen LogP contribution < -0.4 is 4.72 Å². The molecule has 7 heteroatoms. The summed E-state index contributed by atoms with van der Waals surface area (Å²) in [6.07, 6.45) is 1.43. The molecular formula is C15H30N4O2S. The van der Waals surface area contributed by atoms with Crippen molar-refractivity contribution in [2.45, 2.75) is 46.1 Å². The van der Waals surface area contributed by atoms with Gasteiger partial charge in [-0.25, -0.2) is 4.72 Å². The summed E-state index contributed by atoms with van der Waals surface area (Å²) < 4.78 is 28.2. The van der Waals surface area contributed by atoms with Crippen LogP contribution in [0.3, 0.4) is 0 Å². The summed E-state index contributed by atoms with van der Waals surface area (Å²) in [6.45, 7) is 11.2. The van der Waals surface area contributed by atoms with E-state index in [1.54, 1.807) is 0 Å². The summed E-state index contributed by atoms with van der Waals surface area (Å²) in [5.74, 6) is 1.27. The Balaban J connectivity index is 2.63. The first-order chi connectivity index (χ1) is 10.1. The number of piperidine rings is 1. The summed E-state index contributed by atoms with van der Waals surface area (Å²) in [7, 11) is -2.03. The van der Waals surface area contributed by atoms with Crippen molar-refractivity contribution in [3.05, 3.63) is 0 Å². The second kappa shape index (κ2) is 7.73. The second-order valence-corrected chi connectivity index (χ2v) is 9.08. The van der Waals surface area contributed by atoms with Crippen molar-refractivity contribution >= 4 is 10.2 Å². The van der Waals surface area contributed by atoms with Gasteiger partial charge in [0, 0.05) is 45.2 Å². The first-order valence-corrected chi connectivity index (χ1v) is 9.35. The minimum Gasteiger partial charge on any atom is -0.296 e. The molecule has 1 heterocycles. The van der Waals surface area contributed by atoms with Gasteiger partial charge in [-0.05, 0) is 32.1 Å². The summed E-state index contributed by atoms with van der Waals surface area (Å²) in [6, 6.07) is 1.96. The molecule has 128 valence electrons. The van der Waals surface area contributed by atoms with Crippen LogP contribution in [0.25, 0.3) is 0 Å². The van der Waals surface area contributed by atoms with Crippen molar-refractivity contribution in [1.82, 2.24) is 13.9 Å². The predicted molar refractivity (Wildman–Crippen MR) is 88.4 cm³/mol. The topological polar surface area (TPSA) is 76.4 Å². The standard InChI is InChI=1S/C15H30N4O2S/c1-13-9-14(2)11-19(10-13)15(3,4)12-17-22(20,21)18(5)8-6-7-16/h13-14,17H,6,8-12H2,1-5H3. The summed E-state index contributed by atoms with van der Waals surface area (Å²) in [5.41, 5.74) is -0.230. The minimum absolute atomic E-state index is 0.196. The van der Waals surface area contributed by atoms with Gasteiger partial charge < -0.3 is 0 Å². The van der Waals surface area contributed by atoms with Gasteiger partial charge >= 0.3 is 0 Å². The molecule has 0 aromatic rings. The summed E-state index contributed by atoms with van der Waals surface area (Å²) in [4.78, 5) is 2.38. The Bertz CT molecular complexity index is 488. The number of likely N-dealkylation sites (tertiary alicyclic amines) is 1. The van der Waals surface area contributed by atoms with Gasteiger partial charge in [-0.1, -0.05) is 13.8 Å². The molecule has 0 saturated carbocycles. The first-order valence-electron chi connectivity index (χ1n) is 7.91. The predicted octanol–water partition coefficient (Wildman–Crippen LogP) is 1.42. The zero-order chi connectivity index (χ0) is 17.0. The largest absolute Gasteiger partial charge is 0.296 e. The van der Waals surface area contributed by atoms with Gasteiger partial charge in [0.1, 0.15) is 0 Å². The Hall–Kier alpha value is -0.680. The Morgan fingerprint density at radius 2 is 1.86 bits per heavy atom. The highest BCUT2D eigenvalue weighted by molar-refractivity contribution is 7.87. The van der Waals surface area contributed by atoms with Crippen LogP contribution in [0.15, 0.2) is 0 Å². The average Bonchev–Trinajstić information content (AvgIpc) is 2.41. The van der Waals surface area contributed by atoms with Gasteiger partial charge in [-0.3, -0.25) is 4.90 Å². The first kappa shape index (κ1) is 19.4. The van der Waals surface area contributed by atoms with E-state index in [-0.39, 0.29) is 18.5 Å². The van der Waals surface area contributed by atoms with E-state index in [1.807, 2.05) is 6.07 Å². The lowest BCUT2D eigenvalue weighted by molar-refractivity contribution is 0.0487. The van der Waals surface area contributed by atoms with Gasteiger partial charge in [0.05, 0.1) is 6.07 Å². The highest BCUT2D eigenvalue weighted by Crippen LogP contribution is 2.27. The zero-order valence-electron chi connectivity index (χ0n) is 14.5. The highest BCUT2D eigenvalue weighted by Gasteiger charge is 2.33. The molecule has 1 aliphatic heterocycles. The van der Waals surface area contributed by atoms with E-state index in [0.29, 0.717) is 18.4 Å². The second-order valence-electron chi connectivity index (χ2n) is 7.22. The Kier molecular flexibility index (Phi) is 6.81. The van der Waals surface area contributed by atoms with Crippen molar-refractivity contribution < 1.29 is 8.42 Å². The molecule has 2 unspecified atom stereocenters. The van der Waals surface area contributed by atoms with Gasteiger partial charge in [0.15, 0.2) is 0 Å². The number of hydrogen-bond donors (Lipinski definition) is 1. The lowest BCUT2D eigenvalue weighted by Gasteiger charge is -2.45. The van der Waals surface area contributed by atoms with E-state index in [0.717, 1.165) is 13.1 Å². The molecule has 0 aromatic carbocycles. The van der Waals surface area contributed by atoms with E-state index in [1.165, 1.54) is 17.8 Å². The Morgan fingerprint density at radius 1 is 1.32 bits per heavy atom. The van der Waals surface area contributed by atoms with E-state index in [4.69, 9.17) is 5.26 Å². The van der Waals surface area contributed by atoms with Crippen LogP contribution in [-0.2, 0) is 10.2 Å². The van der Waals surface area contributed by atoms with Crippen molar-refractivity contribution in [2.75, 3.05) is 33.2 Å². The lowest BCUT2D eigenvalue weighted by atomic mass is 9.88. The van der Waals surface area contributed by atoms with Gasteiger partial charge in [-0.2, -0.15) is 18.0 Å². The number of nitriles is 1. The fourth-order valence-corrected chi connectivity index (χ4v) is 4.06. The lowest BCUT2D eigenvalue weighted by Crippen LogP contribution is -2.57. The molecule has 1 aliphatic rings. The molecule has 1 fully saturated rings. The SMILES string of the molecule is CC1CC(C)CN(C(C)(C)CNS(=O)(=O)N(C)CCC#N)C1. The summed E-state index contributed by atoms with van der Waals surface area (Å²) in [5, 5.41) is 8.56. The van der Waals surface area contributed by atoms with E-state index < -0.39 is 10.2 Å². The Morgan fingerprint density at radius 3 is 2.36 bits per heavy atom. The van der Waals surface area contributed by atoms with Crippen LogP contribution in [-0.4, -0.2) is 56.4 Å². The maximum Gasteiger partial charge on any atom is 0.279 e. The molecule has 0 aliphatic carbocycles. The third-order valence-corrected chi connectivity index (χ3v) is 5.87. The number of rotatable bonds is 7. The number of nitrogens with zero attached hydrogens (tertiary/aromatic N) is 3. The molecule has 1 N–H and O–H groups in total.